The van der Waals surface area contributed by atoms with E-state index in [4.69, 9.17) is 5.11 Å². The summed E-state index contributed by atoms with van der Waals surface area (Å²) in [6, 6.07) is -0.293. The highest BCUT2D eigenvalue weighted by atomic mass is 16.4. The highest BCUT2D eigenvalue weighted by Gasteiger charge is 2.23. The van der Waals surface area contributed by atoms with Crippen molar-refractivity contribution in [3.8, 4) is 0 Å². The topological polar surface area (TPSA) is 98.7 Å². The van der Waals surface area contributed by atoms with E-state index in [1.54, 1.807) is 0 Å². The molecule has 0 radical (unpaired) electrons. The number of carbonyl (C=O) groups excluding carboxylic acids is 1. The SMILES string of the molecule is O=C(O)CCCNC(=O)NCC1CCCCC1O. The van der Waals surface area contributed by atoms with Crippen molar-refractivity contribution < 1.29 is 19.8 Å². The lowest BCUT2D eigenvalue weighted by molar-refractivity contribution is -0.137. The van der Waals surface area contributed by atoms with Crippen LogP contribution in [0, 0.1) is 5.92 Å². The van der Waals surface area contributed by atoms with Crippen molar-refractivity contribution in [3.05, 3.63) is 0 Å². The summed E-state index contributed by atoms with van der Waals surface area (Å²) in [6.07, 6.45) is 4.08. The molecule has 1 aliphatic carbocycles. The Morgan fingerprint density at radius 1 is 1.17 bits per heavy atom. The molecule has 6 nitrogen and oxygen atoms in total. The summed E-state index contributed by atoms with van der Waals surface area (Å²) in [5.74, 6) is -0.717. The number of nitrogens with one attached hydrogen (secondary N) is 2. The van der Waals surface area contributed by atoms with E-state index in [9.17, 15) is 14.7 Å². The lowest BCUT2D eigenvalue weighted by Crippen LogP contribution is -2.42. The number of urea groups is 1. The normalized spacial score (nSPS) is 23.4. The second kappa shape index (κ2) is 7.92. The molecule has 0 aromatic carbocycles. The van der Waals surface area contributed by atoms with Crippen LogP contribution in [0.25, 0.3) is 0 Å². The first-order valence-corrected chi connectivity index (χ1v) is 6.51. The van der Waals surface area contributed by atoms with Gasteiger partial charge in [0.05, 0.1) is 6.10 Å². The summed E-state index contributed by atoms with van der Waals surface area (Å²) in [4.78, 5) is 21.6. The monoisotopic (exact) mass is 258 g/mol. The number of rotatable bonds is 6. The van der Waals surface area contributed by atoms with Crippen LogP contribution in [0.2, 0.25) is 0 Å². The molecular formula is C12H22N2O4. The summed E-state index contributed by atoms with van der Waals surface area (Å²) < 4.78 is 0. The molecule has 0 heterocycles. The molecule has 104 valence electrons. The average molecular weight is 258 g/mol. The quantitative estimate of drug-likeness (QED) is 0.527. The van der Waals surface area contributed by atoms with Crippen LogP contribution in [0.5, 0.6) is 0 Å². The molecule has 4 N–H and O–H groups in total. The maximum atomic E-state index is 11.4. The third kappa shape index (κ3) is 5.86. The average Bonchev–Trinajstić information content (AvgIpc) is 2.33. The summed E-state index contributed by atoms with van der Waals surface area (Å²) >= 11 is 0. The van der Waals surface area contributed by atoms with Crippen molar-refractivity contribution in [2.45, 2.75) is 44.6 Å². The van der Waals surface area contributed by atoms with Crippen LogP contribution < -0.4 is 10.6 Å². The first-order chi connectivity index (χ1) is 8.59. The lowest BCUT2D eigenvalue weighted by atomic mass is 9.86. The molecule has 0 aromatic heterocycles. The zero-order chi connectivity index (χ0) is 13.4. The molecule has 18 heavy (non-hydrogen) atoms. The fourth-order valence-corrected chi connectivity index (χ4v) is 2.15. The number of aliphatic hydroxyl groups excluding tert-OH is 1. The van der Waals surface area contributed by atoms with Gasteiger partial charge in [-0.1, -0.05) is 12.8 Å². The van der Waals surface area contributed by atoms with E-state index in [1.807, 2.05) is 0 Å². The number of amides is 2. The predicted octanol–water partition coefficient (Wildman–Crippen LogP) is 0.701. The van der Waals surface area contributed by atoms with Gasteiger partial charge in [0.2, 0.25) is 0 Å². The van der Waals surface area contributed by atoms with Gasteiger partial charge in [0.25, 0.3) is 0 Å². The molecule has 0 aromatic rings. The van der Waals surface area contributed by atoms with Crippen molar-refractivity contribution in [2.24, 2.45) is 5.92 Å². The van der Waals surface area contributed by atoms with Crippen molar-refractivity contribution in [1.82, 2.24) is 10.6 Å². The second-order valence-corrected chi connectivity index (χ2v) is 4.75. The smallest absolute Gasteiger partial charge is 0.314 e. The van der Waals surface area contributed by atoms with Gasteiger partial charge in [0.1, 0.15) is 0 Å². The van der Waals surface area contributed by atoms with Crippen molar-refractivity contribution >= 4 is 12.0 Å². The molecule has 2 unspecified atom stereocenters. The van der Waals surface area contributed by atoms with E-state index < -0.39 is 5.97 Å². The van der Waals surface area contributed by atoms with Crippen LogP contribution in [-0.4, -0.2) is 41.4 Å². The van der Waals surface area contributed by atoms with Crippen LogP contribution in [0.3, 0.4) is 0 Å². The van der Waals surface area contributed by atoms with E-state index in [1.165, 1.54) is 0 Å². The van der Waals surface area contributed by atoms with Crippen LogP contribution in [0.15, 0.2) is 0 Å². The van der Waals surface area contributed by atoms with E-state index in [0.29, 0.717) is 19.5 Å². The standard InChI is InChI=1S/C12H22N2O4/c15-10-5-2-1-4-9(10)8-14-12(18)13-7-3-6-11(16)17/h9-10,15H,1-8H2,(H,16,17)(H2,13,14,18). The van der Waals surface area contributed by atoms with Crippen LogP contribution in [-0.2, 0) is 4.79 Å². The Balaban J connectivity index is 2.07. The molecule has 1 saturated carbocycles. The molecule has 0 aliphatic heterocycles. The Bertz CT molecular complexity index is 283. The van der Waals surface area contributed by atoms with Crippen molar-refractivity contribution in [3.63, 3.8) is 0 Å². The van der Waals surface area contributed by atoms with Crippen molar-refractivity contribution in [1.29, 1.82) is 0 Å². The van der Waals surface area contributed by atoms with Gasteiger partial charge in [0, 0.05) is 25.4 Å². The molecule has 0 spiro atoms. The van der Waals surface area contributed by atoms with Crippen LogP contribution in [0.1, 0.15) is 38.5 Å². The second-order valence-electron chi connectivity index (χ2n) is 4.75. The first kappa shape index (κ1) is 14.8. The Morgan fingerprint density at radius 3 is 2.56 bits per heavy atom. The number of carboxylic acids is 1. The Kier molecular flexibility index (Phi) is 6.49. The highest BCUT2D eigenvalue weighted by Crippen LogP contribution is 2.23. The zero-order valence-corrected chi connectivity index (χ0v) is 10.5. The summed E-state index contributed by atoms with van der Waals surface area (Å²) in [5, 5.41) is 23.5. The highest BCUT2D eigenvalue weighted by molar-refractivity contribution is 5.73. The van der Waals surface area contributed by atoms with Gasteiger partial charge in [0.15, 0.2) is 0 Å². The van der Waals surface area contributed by atoms with E-state index in [2.05, 4.69) is 10.6 Å². The van der Waals surface area contributed by atoms with Gasteiger partial charge in [-0.25, -0.2) is 4.79 Å². The Morgan fingerprint density at radius 2 is 1.89 bits per heavy atom. The minimum atomic E-state index is -0.859. The number of aliphatic carboxylic acids is 1. The van der Waals surface area contributed by atoms with E-state index >= 15 is 0 Å². The molecular weight excluding hydrogens is 236 g/mol. The van der Waals surface area contributed by atoms with E-state index in [0.717, 1.165) is 25.7 Å². The number of hydrogen-bond acceptors (Lipinski definition) is 3. The minimum Gasteiger partial charge on any atom is -0.481 e. The zero-order valence-electron chi connectivity index (χ0n) is 10.5. The molecule has 2 atom stereocenters. The minimum absolute atomic E-state index is 0.0572. The van der Waals surface area contributed by atoms with Gasteiger partial charge < -0.3 is 20.8 Å². The van der Waals surface area contributed by atoms with Gasteiger partial charge in [-0.2, -0.15) is 0 Å². The predicted molar refractivity (Wildman–Crippen MR) is 66.2 cm³/mol. The largest absolute Gasteiger partial charge is 0.481 e. The number of carbonyl (C=O) groups is 2. The van der Waals surface area contributed by atoms with Gasteiger partial charge in [-0.05, 0) is 19.3 Å². The molecule has 0 saturated heterocycles. The maximum absolute atomic E-state index is 11.4. The number of hydrogen-bond donors (Lipinski definition) is 4. The molecule has 1 aliphatic rings. The lowest BCUT2D eigenvalue weighted by Gasteiger charge is -2.27. The Labute approximate surface area is 107 Å². The summed E-state index contributed by atoms with van der Waals surface area (Å²) in [6.45, 7) is 0.831. The molecule has 1 fully saturated rings. The van der Waals surface area contributed by atoms with Crippen molar-refractivity contribution in [2.75, 3.05) is 13.1 Å². The summed E-state index contributed by atoms with van der Waals surface area (Å²) in [7, 11) is 0. The van der Waals surface area contributed by atoms with Gasteiger partial charge in [-0.15, -0.1) is 0 Å². The fraction of sp³-hybridized carbons (Fsp3) is 0.833. The third-order valence-electron chi connectivity index (χ3n) is 3.25. The number of carboxylic acid groups (broad SMARTS) is 1. The molecule has 1 rings (SSSR count). The van der Waals surface area contributed by atoms with Crippen LogP contribution >= 0.6 is 0 Å². The third-order valence-corrected chi connectivity index (χ3v) is 3.25. The molecule has 2 amide bonds. The molecule has 6 heteroatoms. The van der Waals surface area contributed by atoms with E-state index in [-0.39, 0.29) is 24.5 Å². The fourth-order valence-electron chi connectivity index (χ4n) is 2.15. The van der Waals surface area contributed by atoms with Crippen LogP contribution in [0.4, 0.5) is 4.79 Å². The Hall–Kier alpha value is -1.30. The van der Waals surface area contributed by atoms with Gasteiger partial charge >= 0.3 is 12.0 Å². The number of aliphatic hydroxyl groups is 1. The van der Waals surface area contributed by atoms with Gasteiger partial charge in [-0.3, -0.25) is 4.79 Å². The first-order valence-electron chi connectivity index (χ1n) is 6.51. The maximum Gasteiger partial charge on any atom is 0.314 e. The summed E-state index contributed by atoms with van der Waals surface area (Å²) in [5.41, 5.74) is 0. The molecule has 0 bridgehead atoms.